The third-order valence-electron chi connectivity index (χ3n) is 9.26. The number of ether oxygens (including phenoxy) is 4. The summed E-state index contributed by atoms with van der Waals surface area (Å²) in [5.74, 6) is -4.20. The Labute approximate surface area is 424 Å². The molecule has 0 saturated heterocycles. The average Bonchev–Trinajstić information content (AvgIpc) is 3.28. The maximum atomic E-state index is 12.6. The Balaban J connectivity index is 5.58. The molecule has 388 valence electrons. The fourth-order valence-corrected chi connectivity index (χ4v) is 11.0. The fourth-order valence-electron chi connectivity index (χ4n) is 5.74. The minimum atomic E-state index is -1.18. The van der Waals surface area contributed by atoms with Crippen LogP contribution in [0.3, 0.4) is 0 Å². The summed E-state index contributed by atoms with van der Waals surface area (Å²) in [5.41, 5.74) is 0. The third kappa shape index (κ3) is 36.5. The highest BCUT2D eigenvalue weighted by Gasteiger charge is 2.24. The summed E-state index contributed by atoms with van der Waals surface area (Å²) >= 11 is 0. The quantitative estimate of drug-likeness (QED) is 0.0172. The van der Waals surface area contributed by atoms with Crippen LogP contribution in [0.4, 0.5) is 14.4 Å². The van der Waals surface area contributed by atoms with E-state index in [1.807, 2.05) is 6.26 Å². The molecule has 67 heavy (non-hydrogen) atoms. The second-order valence-corrected chi connectivity index (χ2v) is 24.9. The predicted octanol–water partition coefficient (Wildman–Crippen LogP) is 7.07. The van der Waals surface area contributed by atoms with Crippen molar-refractivity contribution in [2.24, 2.45) is 11.8 Å². The van der Waals surface area contributed by atoms with E-state index in [1.54, 1.807) is 18.8 Å². The van der Waals surface area contributed by atoms with E-state index in [1.165, 1.54) is 86.4 Å². The lowest BCUT2D eigenvalue weighted by atomic mass is 9.95. The third-order valence-corrected chi connectivity index (χ3v) is 16.5. The monoisotopic (exact) mass is 1100 g/mol. The van der Waals surface area contributed by atoms with Crippen molar-refractivity contribution >= 4 is 134 Å². The van der Waals surface area contributed by atoms with Gasteiger partial charge >= 0.3 is 42.2 Å². The van der Waals surface area contributed by atoms with Crippen LogP contribution in [-0.2, 0) is 42.9 Å². The molecule has 0 aromatic carbocycles. The number of hydrogen-bond acceptors (Lipinski definition) is 20. The van der Waals surface area contributed by atoms with Crippen LogP contribution < -0.4 is 21.3 Å². The number of aliphatic carboxylic acids is 4. The van der Waals surface area contributed by atoms with E-state index < -0.39 is 66.3 Å². The topological polar surface area (TPSA) is 303 Å². The zero-order valence-corrected chi connectivity index (χ0v) is 44.8. The standard InChI is InChI=1S/C39H68N4O16S8/c1-60-64-22-28(33(45)46)40-32(44)16-6-5-12-26(13-7-9-17-57-37(53)41-29(34(47)48)23-65-61-2)20-56-21-27(15-11-19-59-39(55)43-31(36(51)52)25-67-63-4)14-8-10-18-58-38(54)42-30(35(49)50)24-66-62-3/h26-31H,5-25H2,1-4H3,(H,40,44)(H,41,53)(H,42,54)(H,43,55)(H,45,46)(H,47,48)(H,49,50)(H,51,52). The molecule has 6 unspecified atom stereocenters. The molecule has 0 rings (SSSR count). The predicted molar refractivity (Wildman–Crippen MR) is 274 cm³/mol. The molecule has 0 bridgehead atoms. The van der Waals surface area contributed by atoms with Gasteiger partial charge in [0, 0.05) is 42.6 Å². The van der Waals surface area contributed by atoms with Gasteiger partial charge in [-0.05, 0) is 101 Å². The molecule has 28 heteroatoms. The SMILES string of the molecule is CSSCC(NC(=O)CCCCC(CCCCOC(=O)NC(CSSC)C(=O)O)COCC(CCCCOC(=O)NC(CSSC)C(=O)O)CCCOC(=O)NC(CSSC)C(=O)O)C(=O)O. The molecule has 0 spiro atoms. The van der Waals surface area contributed by atoms with Gasteiger partial charge in [0.1, 0.15) is 24.2 Å². The highest BCUT2D eigenvalue weighted by atomic mass is 33.1. The van der Waals surface area contributed by atoms with Gasteiger partial charge in [-0.1, -0.05) is 92.8 Å². The van der Waals surface area contributed by atoms with Crippen LogP contribution >= 0.6 is 86.4 Å². The minimum Gasteiger partial charge on any atom is -0.480 e. The Kier molecular flexibility index (Phi) is 41.4. The van der Waals surface area contributed by atoms with Gasteiger partial charge in [0.15, 0.2) is 0 Å². The number of hydrogen-bond donors (Lipinski definition) is 8. The molecule has 4 amide bonds. The normalized spacial score (nSPS) is 13.7. The van der Waals surface area contributed by atoms with Crippen LogP contribution in [0.1, 0.15) is 77.0 Å². The smallest absolute Gasteiger partial charge is 0.407 e. The van der Waals surface area contributed by atoms with Crippen LogP contribution in [0.5, 0.6) is 0 Å². The van der Waals surface area contributed by atoms with E-state index in [0.717, 1.165) is 0 Å². The van der Waals surface area contributed by atoms with Gasteiger partial charge in [0.25, 0.3) is 0 Å². The summed E-state index contributed by atoms with van der Waals surface area (Å²) in [4.78, 5) is 95.6. The van der Waals surface area contributed by atoms with Crippen molar-refractivity contribution in [2.45, 2.75) is 101 Å². The number of carbonyl (C=O) groups is 8. The van der Waals surface area contributed by atoms with Crippen molar-refractivity contribution < 1.29 is 77.7 Å². The van der Waals surface area contributed by atoms with Crippen molar-refractivity contribution in [2.75, 3.05) is 81.1 Å². The van der Waals surface area contributed by atoms with Gasteiger partial charge in [0.2, 0.25) is 5.91 Å². The number of carboxylic acids is 4. The number of nitrogens with one attached hydrogen (secondary N) is 4. The largest absolute Gasteiger partial charge is 0.480 e. The van der Waals surface area contributed by atoms with Crippen molar-refractivity contribution in [3.05, 3.63) is 0 Å². The first-order valence-electron chi connectivity index (χ1n) is 21.3. The second kappa shape index (κ2) is 42.8. The Morgan fingerprint density at radius 1 is 0.418 bits per heavy atom. The highest BCUT2D eigenvalue weighted by Crippen LogP contribution is 2.23. The Morgan fingerprint density at radius 2 is 0.716 bits per heavy atom. The van der Waals surface area contributed by atoms with Crippen LogP contribution in [0, 0.1) is 11.8 Å². The van der Waals surface area contributed by atoms with Crippen molar-refractivity contribution in [1.29, 1.82) is 0 Å². The van der Waals surface area contributed by atoms with Crippen LogP contribution in [0.25, 0.3) is 0 Å². The molecule has 0 radical (unpaired) electrons. The average molecular weight is 1110 g/mol. The van der Waals surface area contributed by atoms with Crippen molar-refractivity contribution in [3.8, 4) is 0 Å². The summed E-state index contributed by atoms with van der Waals surface area (Å²) < 4.78 is 22.0. The van der Waals surface area contributed by atoms with E-state index in [9.17, 15) is 58.8 Å². The first-order valence-corrected chi connectivity index (χ1v) is 32.2. The van der Waals surface area contributed by atoms with Gasteiger partial charge < -0.3 is 60.6 Å². The highest BCUT2D eigenvalue weighted by molar-refractivity contribution is 8.77. The maximum absolute atomic E-state index is 12.6. The first kappa shape index (κ1) is 64.9. The van der Waals surface area contributed by atoms with E-state index in [2.05, 4.69) is 21.3 Å². The number of rotatable bonds is 43. The van der Waals surface area contributed by atoms with Crippen LogP contribution in [-0.4, -0.2) is 174 Å². The minimum absolute atomic E-state index is 0.0168. The Bertz CT molecular complexity index is 1350. The molecule has 0 aromatic heterocycles. The number of carbonyl (C=O) groups excluding carboxylic acids is 4. The molecule has 6 atom stereocenters. The van der Waals surface area contributed by atoms with Gasteiger partial charge in [-0.2, -0.15) is 0 Å². The van der Waals surface area contributed by atoms with Gasteiger partial charge in [-0.15, -0.1) is 0 Å². The van der Waals surface area contributed by atoms with Gasteiger partial charge in [-0.25, -0.2) is 33.6 Å². The molecule has 8 N–H and O–H groups in total. The molecule has 0 aliphatic heterocycles. The fraction of sp³-hybridized carbons (Fsp3) is 0.795. The summed E-state index contributed by atoms with van der Waals surface area (Å²) in [5, 5.41) is 47.4. The van der Waals surface area contributed by atoms with E-state index in [4.69, 9.17) is 18.9 Å². The molecular formula is C39H68N4O16S8. The Morgan fingerprint density at radius 3 is 1.04 bits per heavy atom. The molecule has 0 fully saturated rings. The van der Waals surface area contributed by atoms with Gasteiger partial charge in [0.05, 0.1) is 19.8 Å². The van der Waals surface area contributed by atoms with E-state index >= 15 is 0 Å². The molecule has 0 aliphatic carbocycles. The van der Waals surface area contributed by atoms with E-state index in [-0.39, 0.29) is 67.0 Å². The number of unbranched alkanes of at least 4 members (excludes halogenated alkanes) is 3. The molecular weight excluding hydrogens is 1040 g/mol. The summed E-state index contributed by atoms with van der Waals surface area (Å²) in [6.07, 6.45) is 11.4. The summed E-state index contributed by atoms with van der Waals surface area (Å²) in [7, 11) is 10.8. The number of alkyl carbamates (subject to hydrolysis) is 3. The number of amides is 4. The lowest BCUT2D eigenvalue weighted by Gasteiger charge is -2.21. The maximum Gasteiger partial charge on any atom is 0.407 e. The van der Waals surface area contributed by atoms with Crippen LogP contribution in [0.15, 0.2) is 0 Å². The van der Waals surface area contributed by atoms with Gasteiger partial charge in [-0.3, -0.25) is 4.79 Å². The first-order chi connectivity index (χ1) is 32.1. The summed E-state index contributed by atoms with van der Waals surface area (Å²) in [6.45, 7) is 0.846. The molecule has 0 saturated carbocycles. The Hall–Kier alpha value is -2.08. The molecule has 0 aliphatic rings. The van der Waals surface area contributed by atoms with E-state index in [0.29, 0.717) is 83.8 Å². The molecule has 0 heterocycles. The molecule has 0 aromatic rings. The lowest BCUT2D eigenvalue weighted by molar-refractivity contribution is -0.141. The summed E-state index contributed by atoms with van der Waals surface area (Å²) in [6, 6.07) is -4.29. The zero-order valence-electron chi connectivity index (χ0n) is 38.3. The zero-order chi connectivity index (χ0) is 50.2. The second-order valence-electron chi connectivity index (χ2n) is 14.4. The number of carboxylic acid groups (broad SMARTS) is 4. The van der Waals surface area contributed by atoms with Crippen molar-refractivity contribution in [1.82, 2.24) is 21.3 Å². The lowest BCUT2D eigenvalue weighted by Crippen LogP contribution is -2.42. The van der Waals surface area contributed by atoms with Crippen LogP contribution in [0.2, 0.25) is 0 Å². The van der Waals surface area contributed by atoms with Crippen molar-refractivity contribution in [3.63, 3.8) is 0 Å². The molecule has 20 nitrogen and oxygen atoms in total.